The van der Waals surface area contributed by atoms with Crippen molar-refractivity contribution in [2.24, 2.45) is 0 Å². The molecule has 3 rings (SSSR count). The molecule has 1 aromatic carbocycles. The quantitative estimate of drug-likeness (QED) is 0.633. The number of nitrogens with one attached hydrogen (secondary N) is 1. The number of nitrogens with zero attached hydrogens (tertiary/aromatic N) is 2. The Hall–Kier alpha value is -2.54. The Bertz CT molecular complexity index is 833. The number of para-hydroxylation sites is 1. The molecular formula is C13H9N3O. The summed E-state index contributed by atoms with van der Waals surface area (Å²) in [6.07, 6.45) is 0. The highest BCUT2D eigenvalue weighted by Gasteiger charge is 2.10. The van der Waals surface area contributed by atoms with Crippen molar-refractivity contribution in [3.63, 3.8) is 0 Å². The van der Waals surface area contributed by atoms with Gasteiger partial charge in [-0.2, -0.15) is 5.26 Å². The van der Waals surface area contributed by atoms with Gasteiger partial charge >= 0.3 is 0 Å². The number of aryl methyl sites for hydroxylation is 1. The number of fused-ring (bicyclic) bond motifs is 3. The van der Waals surface area contributed by atoms with Crippen LogP contribution in [0.4, 0.5) is 0 Å². The number of aromatic amines is 1. The molecule has 17 heavy (non-hydrogen) atoms. The topological polar surface area (TPSA) is 61.1 Å². The number of H-pyrrole nitrogens is 1. The van der Waals surface area contributed by atoms with Gasteiger partial charge < -0.3 is 4.98 Å². The van der Waals surface area contributed by atoms with Crippen LogP contribution < -0.4 is 5.56 Å². The Morgan fingerprint density at radius 2 is 2.12 bits per heavy atom. The molecule has 1 N–H and O–H groups in total. The second-order valence-corrected chi connectivity index (χ2v) is 3.95. The smallest absolute Gasteiger partial charge is 0.258 e. The van der Waals surface area contributed by atoms with Gasteiger partial charge in [0, 0.05) is 5.69 Å². The summed E-state index contributed by atoms with van der Waals surface area (Å²) in [5, 5.41) is 9.63. The highest BCUT2D eigenvalue weighted by atomic mass is 16.1. The van der Waals surface area contributed by atoms with Gasteiger partial charge in [-0.15, -0.1) is 0 Å². The number of benzene rings is 1. The molecule has 0 spiro atoms. The van der Waals surface area contributed by atoms with Gasteiger partial charge in [-0.1, -0.05) is 12.1 Å². The van der Waals surface area contributed by atoms with Gasteiger partial charge in [0.15, 0.2) is 0 Å². The van der Waals surface area contributed by atoms with E-state index in [1.54, 1.807) is 12.1 Å². The lowest BCUT2D eigenvalue weighted by atomic mass is 10.2. The monoisotopic (exact) mass is 223 g/mol. The zero-order chi connectivity index (χ0) is 12.0. The maximum atomic E-state index is 11.8. The SMILES string of the molecule is Cc1c(C#N)cc2[nH]c(=O)c3ccccc3n12. The molecular weight excluding hydrogens is 214 g/mol. The Balaban J connectivity index is 2.68. The van der Waals surface area contributed by atoms with Crippen LogP contribution in [0.25, 0.3) is 16.6 Å². The van der Waals surface area contributed by atoms with Gasteiger partial charge in [0.25, 0.3) is 5.56 Å². The van der Waals surface area contributed by atoms with E-state index in [1.807, 2.05) is 29.5 Å². The Morgan fingerprint density at radius 3 is 2.88 bits per heavy atom. The number of hydrogen-bond acceptors (Lipinski definition) is 2. The second-order valence-electron chi connectivity index (χ2n) is 3.95. The normalized spacial score (nSPS) is 10.8. The highest BCUT2D eigenvalue weighted by molar-refractivity contribution is 5.81. The molecule has 0 unspecified atom stereocenters. The molecule has 0 atom stereocenters. The molecule has 0 aliphatic rings. The summed E-state index contributed by atoms with van der Waals surface area (Å²) in [4.78, 5) is 14.6. The summed E-state index contributed by atoms with van der Waals surface area (Å²) in [5.74, 6) is 0. The van der Waals surface area contributed by atoms with E-state index in [2.05, 4.69) is 11.1 Å². The van der Waals surface area contributed by atoms with Gasteiger partial charge in [0.1, 0.15) is 11.7 Å². The van der Waals surface area contributed by atoms with Gasteiger partial charge in [0.05, 0.1) is 16.5 Å². The van der Waals surface area contributed by atoms with E-state index < -0.39 is 0 Å². The van der Waals surface area contributed by atoms with Crippen LogP contribution in [0.1, 0.15) is 11.3 Å². The van der Waals surface area contributed by atoms with Crippen molar-refractivity contribution in [1.82, 2.24) is 9.38 Å². The van der Waals surface area contributed by atoms with Crippen LogP contribution in [0.15, 0.2) is 35.1 Å². The first-order valence-electron chi connectivity index (χ1n) is 5.25. The van der Waals surface area contributed by atoms with Crippen molar-refractivity contribution in [2.75, 3.05) is 0 Å². The molecule has 4 nitrogen and oxygen atoms in total. The molecule has 3 aromatic rings. The van der Waals surface area contributed by atoms with Crippen LogP contribution in [-0.4, -0.2) is 9.38 Å². The molecule has 2 aromatic heterocycles. The highest BCUT2D eigenvalue weighted by Crippen LogP contribution is 2.18. The number of hydrogen-bond donors (Lipinski definition) is 1. The lowest BCUT2D eigenvalue weighted by Crippen LogP contribution is -2.09. The van der Waals surface area contributed by atoms with Crippen LogP contribution in [0, 0.1) is 18.3 Å². The van der Waals surface area contributed by atoms with Gasteiger partial charge in [-0.3, -0.25) is 9.20 Å². The van der Waals surface area contributed by atoms with Crippen molar-refractivity contribution in [1.29, 1.82) is 5.26 Å². The molecule has 0 aliphatic carbocycles. The second kappa shape index (κ2) is 3.22. The molecule has 82 valence electrons. The minimum absolute atomic E-state index is 0.130. The fraction of sp³-hybridized carbons (Fsp3) is 0.0769. The largest absolute Gasteiger partial charge is 0.308 e. The third-order valence-corrected chi connectivity index (χ3v) is 3.00. The minimum atomic E-state index is -0.130. The van der Waals surface area contributed by atoms with E-state index in [9.17, 15) is 4.79 Å². The van der Waals surface area contributed by atoms with E-state index in [0.29, 0.717) is 16.6 Å². The van der Waals surface area contributed by atoms with Crippen molar-refractivity contribution < 1.29 is 0 Å². The van der Waals surface area contributed by atoms with Crippen LogP contribution in [0.5, 0.6) is 0 Å². The zero-order valence-corrected chi connectivity index (χ0v) is 9.19. The Kier molecular flexibility index (Phi) is 1.83. The predicted molar refractivity (Wildman–Crippen MR) is 65.0 cm³/mol. The summed E-state index contributed by atoms with van der Waals surface area (Å²) in [6.45, 7) is 1.87. The van der Waals surface area contributed by atoms with Gasteiger partial charge in [-0.25, -0.2) is 0 Å². The Morgan fingerprint density at radius 1 is 1.35 bits per heavy atom. The van der Waals surface area contributed by atoms with E-state index in [1.165, 1.54) is 0 Å². The lowest BCUT2D eigenvalue weighted by Gasteiger charge is -2.03. The lowest BCUT2D eigenvalue weighted by molar-refractivity contribution is 1.10. The van der Waals surface area contributed by atoms with E-state index in [0.717, 1.165) is 11.2 Å². The van der Waals surface area contributed by atoms with Gasteiger partial charge in [-0.05, 0) is 25.1 Å². The first-order chi connectivity index (χ1) is 8.22. The first kappa shape index (κ1) is 9.67. The van der Waals surface area contributed by atoms with Crippen LogP contribution in [-0.2, 0) is 0 Å². The molecule has 2 heterocycles. The van der Waals surface area contributed by atoms with Crippen molar-refractivity contribution >= 4 is 16.6 Å². The molecule has 0 aliphatic heterocycles. The summed E-state index contributed by atoms with van der Waals surface area (Å²) in [5.41, 5.74) is 2.77. The summed E-state index contributed by atoms with van der Waals surface area (Å²) >= 11 is 0. The molecule has 0 saturated heterocycles. The fourth-order valence-corrected chi connectivity index (χ4v) is 2.17. The zero-order valence-electron chi connectivity index (χ0n) is 9.19. The molecule has 0 radical (unpaired) electrons. The molecule has 0 saturated carbocycles. The number of nitriles is 1. The van der Waals surface area contributed by atoms with E-state index >= 15 is 0 Å². The van der Waals surface area contributed by atoms with E-state index in [-0.39, 0.29) is 5.56 Å². The average molecular weight is 223 g/mol. The first-order valence-corrected chi connectivity index (χ1v) is 5.25. The molecule has 0 bridgehead atoms. The van der Waals surface area contributed by atoms with Crippen LogP contribution in [0.3, 0.4) is 0 Å². The van der Waals surface area contributed by atoms with Crippen molar-refractivity contribution in [3.8, 4) is 6.07 Å². The number of aromatic nitrogens is 2. The average Bonchev–Trinajstić information content (AvgIpc) is 2.66. The molecule has 0 fully saturated rings. The molecule has 0 amide bonds. The van der Waals surface area contributed by atoms with Crippen molar-refractivity contribution in [2.45, 2.75) is 6.92 Å². The summed E-state index contributed by atoms with van der Waals surface area (Å²) in [6, 6.07) is 11.2. The van der Waals surface area contributed by atoms with E-state index in [4.69, 9.17) is 5.26 Å². The summed E-state index contributed by atoms with van der Waals surface area (Å²) < 4.78 is 1.90. The maximum Gasteiger partial charge on any atom is 0.258 e. The van der Waals surface area contributed by atoms with Gasteiger partial charge in [0.2, 0.25) is 0 Å². The van der Waals surface area contributed by atoms with Crippen molar-refractivity contribution in [3.05, 3.63) is 51.9 Å². The summed E-state index contributed by atoms with van der Waals surface area (Å²) in [7, 11) is 0. The minimum Gasteiger partial charge on any atom is -0.308 e. The molecule has 4 heteroatoms. The fourth-order valence-electron chi connectivity index (χ4n) is 2.17. The predicted octanol–water partition coefficient (Wildman–Crippen LogP) is 1.96. The number of rotatable bonds is 0. The third-order valence-electron chi connectivity index (χ3n) is 3.00. The standard InChI is InChI=1S/C13H9N3O/c1-8-9(7-14)6-12-15-13(17)10-4-2-3-5-11(10)16(8)12/h2-6H,1H3,(H,15,17). The Labute approximate surface area is 96.7 Å². The van der Waals surface area contributed by atoms with Crippen LogP contribution >= 0.6 is 0 Å². The third kappa shape index (κ3) is 1.20. The van der Waals surface area contributed by atoms with Crippen LogP contribution in [0.2, 0.25) is 0 Å². The maximum absolute atomic E-state index is 11.8.